The van der Waals surface area contributed by atoms with Gasteiger partial charge in [0.05, 0.1) is 5.56 Å². The molecule has 2 saturated carbocycles. The zero-order valence-corrected chi connectivity index (χ0v) is 19.9. The van der Waals surface area contributed by atoms with Crippen LogP contribution < -0.4 is 4.74 Å². The van der Waals surface area contributed by atoms with Crippen molar-refractivity contribution in [2.45, 2.75) is 64.2 Å². The van der Waals surface area contributed by atoms with E-state index in [-0.39, 0.29) is 23.0 Å². The maximum Gasteiger partial charge on any atom is 0.343 e. The minimum Gasteiger partial charge on any atom is -0.420 e. The van der Waals surface area contributed by atoms with Gasteiger partial charge in [0.2, 0.25) is 0 Å². The molecule has 34 heavy (non-hydrogen) atoms. The molecule has 0 bridgehead atoms. The molecule has 0 aromatic heterocycles. The van der Waals surface area contributed by atoms with Gasteiger partial charge in [-0.15, -0.1) is 6.58 Å². The summed E-state index contributed by atoms with van der Waals surface area (Å²) in [7, 11) is 0. The van der Waals surface area contributed by atoms with E-state index in [0.717, 1.165) is 37.2 Å². The number of esters is 1. The van der Waals surface area contributed by atoms with Gasteiger partial charge in [-0.05, 0) is 117 Å². The summed E-state index contributed by atoms with van der Waals surface area (Å²) in [5.74, 6) is 0.387. The lowest BCUT2D eigenvalue weighted by molar-refractivity contribution is 0.0727. The van der Waals surface area contributed by atoms with Crippen molar-refractivity contribution in [1.82, 2.24) is 0 Å². The van der Waals surface area contributed by atoms with Crippen LogP contribution in [0.15, 0.2) is 61.2 Å². The van der Waals surface area contributed by atoms with Crippen LogP contribution in [0.4, 0.5) is 8.78 Å². The third kappa shape index (κ3) is 5.65. The zero-order valence-electron chi connectivity index (χ0n) is 19.9. The average Bonchev–Trinajstić information content (AvgIpc) is 2.84. The molecule has 4 atom stereocenters. The van der Waals surface area contributed by atoms with Crippen molar-refractivity contribution in [1.29, 1.82) is 0 Å². The Labute approximate surface area is 201 Å². The third-order valence-corrected chi connectivity index (χ3v) is 7.63. The Morgan fingerprint density at radius 3 is 2.56 bits per heavy atom. The number of halogens is 2. The number of benzene rings is 2. The second-order valence-electron chi connectivity index (χ2n) is 9.85. The number of hydrogen-bond acceptors (Lipinski definition) is 2. The van der Waals surface area contributed by atoms with Gasteiger partial charge in [-0.25, -0.2) is 13.6 Å². The molecule has 2 aliphatic carbocycles. The van der Waals surface area contributed by atoms with Gasteiger partial charge in [0.25, 0.3) is 0 Å². The number of carbonyl (C=O) groups excluding carboxylic acids is 1. The van der Waals surface area contributed by atoms with Crippen molar-refractivity contribution in [2.24, 2.45) is 17.8 Å². The zero-order chi connectivity index (χ0) is 24.1. The predicted octanol–water partition coefficient (Wildman–Crippen LogP) is 8.18. The minimum atomic E-state index is -0.755. The second-order valence-corrected chi connectivity index (χ2v) is 9.85. The van der Waals surface area contributed by atoms with Gasteiger partial charge in [-0.1, -0.05) is 30.4 Å². The summed E-state index contributed by atoms with van der Waals surface area (Å²) in [5, 5.41) is 0. The van der Waals surface area contributed by atoms with Crippen LogP contribution in [0.5, 0.6) is 5.75 Å². The number of carbonyl (C=O) groups is 1. The van der Waals surface area contributed by atoms with E-state index in [2.05, 4.69) is 25.7 Å². The molecule has 0 spiro atoms. The van der Waals surface area contributed by atoms with Crippen molar-refractivity contribution < 1.29 is 18.3 Å². The number of rotatable bonds is 7. The minimum absolute atomic E-state index is 0.0944. The lowest BCUT2D eigenvalue weighted by atomic mass is 9.64. The molecule has 0 amide bonds. The quantitative estimate of drug-likeness (QED) is 0.235. The van der Waals surface area contributed by atoms with Crippen molar-refractivity contribution in [3.63, 3.8) is 0 Å². The van der Waals surface area contributed by atoms with Gasteiger partial charge in [0.1, 0.15) is 5.82 Å². The SMILES string of the molecule is C=CCCc1ccc(OC(=O)c2ccc(C3CCC4CC(/C=C/C)CCC4C3)c(F)c2)c(F)c1. The Morgan fingerprint density at radius 1 is 1.03 bits per heavy atom. The molecule has 0 radical (unpaired) electrons. The maximum atomic E-state index is 15.1. The van der Waals surface area contributed by atoms with Crippen molar-refractivity contribution in [2.75, 3.05) is 0 Å². The highest BCUT2D eigenvalue weighted by Gasteiger charge is 2.36. The van der Waals surface area contributed by atoms with Gasteiger partial charge in [-0.3, -0.25) is 0 Å². The van der Waals surface area contributed by atoms with E-state index in [4.69, 9.17) is 4.74 Å². The molecule has 0 aliphatic heterocycles. The van der Waals surface area contributed by atoms with Gasteiger partial charge in [0.15, 0.2) is 11.6 Å². The van der Waals surface area contributed by atoms with E-state index in [1.165, 1.54) is 37.5 Å². The molecule has 2 nitrogen and oxygen atoms in total. The van der Waals surface area contributed by atoms with Crippen LogP contribution in [0.25, 0.3) is 0 Å². The van der Waals surface area contributed by atoms with E-state index in [1.807, 2.05) is 0 Å². The van der Waals surface area contributed by atoms with Crippen LogP contribution >= 0.6 is 0 Å². The second kappa shape index (κ2) is 11.1. The van der Waals surface area contributed by atoms with Crippen molar-refractivity contribution in [3.8, 4) is 5.75 Å². The van der Waals surface area contributed by atoms with Crippen LogP contribution in [-0.4, -0.2) is 5.97 Å². The molecule has 2 aromatic carbocycles. The standard InChI is InChI=1S/C30H34F2O2/c1-3-5-7-21-9-15-29(28(32)17-21)34-30(33)25-13-14-26(27(31)19-25)24-12-11-22-16-20(6-4-2)8-10-23(22)18-24/h3-4,6,9,13-15,17,19-20,22-24H,1,5,7-8,10-12,16,18H2,2H3/b6-4+. The smallest absolute Gasteiger partial charge is 0.343 e. The topological polar surface area (TPSA) is 26.3 Å². The summed E-state index contributed by atoms with van der Waals surface area (Å²) in [6.45, 7) is 5.75. The number of aryl methyl sites for hydroxylation is 1. The highest BCUT2D eigenvalue weighted by atomic mass is 19.1. The highest BCUT2D eigenvalue weighted by Crippen LogP contribution is 2.48. The first-order valence-corrected chi connectivity index (χ1v) is 12.5. The Bertz CT molecular complexity index is 1060. The van der Waals surface area contributed by atoms with Crippen LogP contribution in [0.3, 0.4) is 0 Å². The van der Waals surface area contributed by atoms with Crippen LogP contribution in [0.2, 0.25) is 0 Å². The molecule has 4 rings (SSSR count). The highest BCUT2D eigenvalue weighted by molar-refractivity contribution is 5.91. The fourth-order valence-electron chi connectivity index (χ4n) is 5.85. The normalized spacial score (nSPS) is 24.6. The molecule has 0 N–H and O–H groups in total. The van der Waals surface area contributed by atoms with Crippen molar-refractivity contribution in [3.05, 3.63) is 89.5 Å². The first-order chi connectivity index (χ1) is 16.5. The molecule has 2 fully saturated rings. The first kappa shape index (κ1) is 24.4. The molecule has 4 unspecified atom stereocenters. The van der Waals surface area contributed by atoms with Crippen LogP contribution in [-0.2, 0) is 6.42 Å². The van der Waals surface area contributed by atoms with E-state index < -0.39 is 11.8 Å². The van der Waals surface area contributed by atoms with Crippen molar-refractivity contribution >= 4 is 5.97 Å². The van der Waals surface area contributed by atoms with E-state index in [9.17, 15) is 9.18 Å². The Kier molecular flexibility index (Phi) is 7.97. The number of ether oxygens (including phenoxy) is 1. The summed E-state index contributed by atoms with van der Waals surface area (Å²) in [6, 6.07) is 9.09. The summed E-state index contributed by atoms with van der Waals surface area (Å²) in [4.78, 5) is 12.6. The lowest BCUT2D eigenvalue weighted by Gasteiger charge is -2.41. The Morgan fingerprint density at radius 2 is 1.82 bits per heavy atom. The largest absolute Gasteiger partial charge is 0.420 e. The number of allylic oxidation sites excluding steroid dienone is 3. The number of hydrogen-bond donors (Lipinski definition) is 0. The summed E-state index contributed by atoms with van der Waals surface area (Å²) in [5.41, 5.74) is 1.58. The van der Waals surface area contributed by atoms with Crippen LogP contribution in [0.1, 0.15) is 79.3 Å². The predicted molar refractivity (Wildman–Crippen MR) is 132 cm³/mol. The molecule has 180 valence electrons. The average molecular weight is 465 g/mol. The molecule has 0 saturated heterocycles. The Balaban J connectivity index is 1.39. The van der Waals surface area contributed by atoms with Crippen LogP contribution in [0, 0.1) is 29.4 Å². The van der Waals surface area contributed by atoms with E-state index >= 15 is 4.39 Å². The van der Waals surface area contributed by atoms with Gasteiger partial charge >= 0.3 is 5.97 Å². The first-order valence-electron chi connectivity index (χ1n) is 12.5. The molecule has 2 aliphatic rings. The monoisotopic (exact) mass is 464 g/mol. The summed E-state index contributed by atoms with van der Waals surface area (Å²) >= 11 is 0. The van der Waals surface area contributed by atoms with Gasteiger partial charge in [0, 0.05) is 0 Å². The maximum absolute atomic E-state index is 15.1. The molecule has 4 heteroatoms. The fraction of sp³-hybridized carbons (Fsp3) is 0.433. The van der Waals surface area contributed by atoms with E-state index in [1.54, 1.807) is 24.3 Å². The number of fused-ring (bicyclic) bond motifs is 1. The van der Waals surface area contributed by atoms with Gasteiger partial charge in [-0.2, -0.15) is 0 Å². The Hall–Kier alpha value is -2.75. The molecular weight excluding hydrogens is 430 g/mol. The summed E-state index contributed by atoms with van der Waals surface area (Å²) < 4.78 is 34.7. The molecular formula is C30H34F2O2. The summed E-state index contributed by atoms with van der Waals surface area (Å²) in [6.07, 6.45) is 14.5. The van der Waals surface area contributed by atoms with E-state index in [0.29, 0.717) is 23.8 Å². The van der Waals surface area contributed by atoms with Gasteiger partial charge < -0.3 is 4.74 Å². The lowest BCUT2D eigenvalue weighted by Crippen LogP contribution is -2.30. The molecule has 2 aromatic rings. The fourth-order valence-corrected chi connectivity index (χ4v) is 5.85. The third-order valence-electron chi connectivity index (χ3n) is 7.63. The molecule has 0 heterocycles.